The highest BCUT2D eigenvalue weighted by Gasteiger charge is 2.33. The van der Waals surface area contributed by atoms with Crippen molar-refractivity contribution >= 4 is 11.4 Å². The third kappa shape index (κ3) is 5.64. The third-order valence-electron chi connectivity index (χ3n) is 7.04. The molecule has 1 aliphatic heterocycles. The largest absolute Gasteiger partial charge is 0.494 e. The van der Waals surface area contributed by atoms with Crippen LogP contribution in [0.3, 0.4) is 0 Å². The summed E-state index contributed by atoms with van der Waals surface area (Å²) >= 11 is 0. The third-order valence-corrected chi connectivity index (χ3v) is 7.04. The Morgan fingerprint density at radius 2 is 1.90 bits per heavy atom. The van der Waals surface area contributed by atoms with E-state index in [1.54, 1.807) is 41.4 Å². The summed E-state index contributed by atoms with van der Waals surface area (Å²) in [5, 5.41) is 9.62. The van der Waals surface area contributed by atoms with Gasteiger partial charge in [-0.3, -0.25) is 14.2 Å². The maximum atomic E-state index is 14.6. The average molecular weight is 554 g/mol. The Morgan fingerprint density at radius 1 is 1.17 bits per heavy atom. The number of amides is 1. The second-order valence-corrected chi connectivity index (χ2v) is 11.2. The Morgan fingerprint density at radius 3 is 2.59 bits per heavy atom. The molecule has 2 aromatic carbocycles. The number of aryl methyl sites for hydroxylation is 1. The predicted octanol–water partition coefficient (Wildman–Crippen LogP) is 6.46. The number of carbonyl (C=O) groups excluding carboxylic acids is 1. The highest BCUT2D eigenvalue weighted by molar-refractivity contribution is 5.97. The number of nitriles is 1. The number of fused-ring (bicyclic) bond motifs is 1. The molecule has 1 saturated heterocycles. The summed E-state index contributed by atoms with van der Waals surface area (Å²) in [7, 11) is 1.41. The normalized spacial score (nSPS) is 15.7. The molecule has 41 heavy (non-hydrogen) atoms. The van der Waals surface area contributed by atoms with E-state index in [0.29, 0.717) is 18.8 Å². The molecule has 2 aromatic heterocycles. The van der Waals surface area contributed by atoms with Gasteiger partial charge in [-0.05, 0) is 55.2 Å². The molecule has 0 N–H and O–H groups in total. The summed E-state index contributed by atoms with van der Waals surface area (Å²) in [5.74, 6) is 0.686. The standard InChI is InChI=1S/C32H32FN5O3/c1-20-29-28(21-9-11-24(12-10-21)41-26-8-6-7-25(40-5)27(26)33)36-30(38(29)16-14-35-20)22-13-15-37(19-22)31(39)23(18-34)17-32(2,3)4/h6-12,14,16-17,22H,13,15,19H2,1-5H3/b23-17+. The van der Waals surface area contributed by atoms with Crippen molar-refractivity contribution in [1.29, 1.82) is 5.26 Å². The quantitative estimate of drug-likeness (QED) is 0.201. The van der Waals surface area contributed by atoms with Crippen LogP contribution in [0.25, 0.3) is 16.8 Å². The highest BCUT2D eigenvalue weighted by Crippen LogP contribution is 2.35. The molecule has 5 rings (SSSR count). The van der Waals surface area contributed by atoms with Crippen LogP contribution in [0.5, 0.6) is 17.2 Å². The number of imidazole rings is 1. The van der Waals surface area contributed by atoms with Crippen LogP contribution in [0.2, 0.25) is 0 Å². The van der Waals surface area contributed by atoms with Crippen LogP contribution >= 0.6 is 0 Å². The minimum Gasteiger partial charge on any atom is -0.494 e. The Labute approximate surface area is 238 Å². The zero-order valence-corrected chi connectivity index (χ0v) is 23.8. The van der Waals surface area contributed by atoms with E-state index in [9.17, 15) is 14.4 Å². The van der Waals surface area contributed by atoms with Crippen molar-refractivity contribution in [1.82, 2.24) is 19.3 Å². The smallest absolute Gasteiger partial charge is 0.264 e. The van der Waals surface area contributed by atoms with Crippen LogP contribution in [0.4, 0.5) is 4.39 Å². The number of likely N-dealkylation sites (tertiary alicyclic amines) is 1. The fraction of sp³-hybridized carbons (Fsp3) is 0.312. The van der Waals surface area contributed by atoms with Gasteiger partial charge in [0.2, 0.25) is 5.82 Å². The lowest BCUT2D eigenvalue weighted by atomic mass is 9.93. The number of benzene rings is 2. The van der Waals surface area contributed by atoms with Gasteiger partial charge in [-0.1, -0.05) is 32.9 Å². The first kappa shape index (κ1) is 27.8. The molecule has 1 atom stereocenters. The molecular weight excluding hydrogens is 521 g/mol. The number of rotatable bonds is 6. The molecule has 3 heterocycles. The lowest BCUT2D eigenvalue weighted by Gasteiger charge is -2.18. The first-order chi connectivity index (χ1) is 19.6. The Kier molecular flexibility index (Phi) is 7.50. The van der Waals surface area contributed by atoms with E-state index in [1.165, 1.54) is 13.2 Å². The van der Waals surface area contributed by atoms with E-state index in [-0.39, 0.29) is 34.3 Å². The van der Waals surface area contributed by atoms with E-state index < -0.39 is 5.82 Å². The molecule has 8 nitrogen and oxygen atoms in total. The van der Waals surface area contributed by atoms with E-state index in [2.05, 4.69) is 11.1 Å². The molecule has 4 aromatic rings. The van der Waals surface area contributed by atoms with Gasteiger partial charge < -0.3 is 14.4 Å². The monoisotopic (exact) mass is 553 g/mol. The maximum absolute atomic E-state index is 14.6. The molecule has 1 fully saturated rings. The summed E-state index contributed by atoms with van der Waals surface area (Å²) < 4.78 is 27.4. The molecule has 0 spiro atoms. The van der Waals surface area contributed by atoms with Crippen molar-refractivity contribution in [2.45, 2.75) is 40.0 Å². The molecule has 9 heteroatoms. The van der Waals surface area contributed by atoms with Crippen molar-refractivity contribution in [2.75, 3.05) is 20.2 Å². The molecular formula is C32H32FN5O3. The molecule has 0 aliphatic carbocycles. The molecule has 210 valence electrons. The second kappa shape index (κ2) is 11.0. The summed E-state index contributed by atoms with van der Waals surface area (Å²) in [4.78, 5) is 24.4. The number of halogens is 1. The zero-order valence-electron chi connectivity index (χ0n) is 23.8. The zero-order chi connectivity index (χ0) is 29.3. The van der Waals surface area contributed by atoms with Crippen molar-refractivity contribution in [3.05, 3.63) is 83.8 Å². The van der Waals surface area contributed by atoms with Gasteiger partial charge in [-0.15, -0.1) is 0 Å². The Bertz CT molecular complexity index is 1680. The topological polar surface area (TPSA) is 92.8 Å². The van der Waals surface area contributed by atoms with Crippen LogP contribution in [-0.2, 0) is 4.79 Å². The van der Waals surface area contributed by atoms with Crippen LogP contribution in [0.1, 0.15) is 44.6 Å². The number of carbonyl (C=O) groups is 1. The van der Waals surface area contributed by atoms with Crippen LogP contribution < -0.4 is 9.47 Å². The van der Waals surface area contributed by atoms with Crippen molar-refractivity contribution in [3.63, 3.8) is 0 Å². The second-order valence-electron chi connectivity index (χ2n) is 11.2. The predicted molar refractivity (Wildman–Crippen MR) is 153 cm³/mol. The van der Waals surface area contributed by atoms with E-state index in [0.717, 1.165) is 34.7 Å². The van der Waals surface area contributed by atoms with Gasteiger partial charge in [-0.25, -0.2) is 4.98 Å². The maximum Gasteiger partial charge on any atom is 0.264 e. The fourth-order valence-electron chi connectivity index (χ4n) is 5.14. The number of ether oxygens (including phenoxy) is 2. The van der Waals surface area contributed by atoms with Gasteiger partial charge >= 0.3 is 0 Å². The minimum absolute atomic E-state index is 0.00442. The van der Waals surface area contributed by atoms with Crippen LogP contribution in [-0.4, -0.2) is 45.4 Å². The van der Waals surface area contributed by atoms with Gasteiger partial charge in [0, 0.05) is 37.0 Å². The lowest BCUT2D eigenvalue weighted by molar-refractivity contribution is -0.125. The van der Waals surface area contributed by atoms with Crippen LogP contribution in [0, 0.1) is 29.5 Å². The molecule has 1 aliphatic rings. The average Bonchev–Trinajstić information content (AvgIpc) is 3.59. The Hall–Kier alpha value is -4.71. The van der Waals surface area contributed by atoms with Crippen molar-refractivity contribution in [3.8, 4) is 34.6 Å². The highest BCUT2D eigenvalue weighted by atomic mass is 19.1. The van der Waals surface area contributed by atoms with Gasteiger partial charge in [-0.2, -0.15) is 9.65 Å². The van der Waals surface area contributed by atoms with Crippen molar-refractivity contribution in [2.24, 2.45) is 5.41 Å². The SMILES string of the molecule is COc1cccc(Oc2ccc(-c3nc(C4CCN(C(=O)/C(C#N)=C/C(C)(C)C)C4)n4ccnc(C)c34)cc2)c1F. The van der Waals surface area contributed by atoms with E-state index >= 15 is 0 Å². The van der Waals surface area contributed by atoms with Gasteiger partial charge in [0.1, 0.15) is 23.2 Å². The first-order valence-corrected chi connectivity index (χ1v) is 13.5. The number of methoxy groups -OCH3 is 1. The van der Waals surface area contributed by atoms with Gasteiger partial charge in [0.15, 0.2) is 11.5 Å². The summed E-state index contributed by atoms with van der Waals surface area (Å²) in [6, 6.07) is 14.1. The molecule has 1 unspecified atom stereocenters. The first-order valence-electron chi connectivity index (χ1n) is 13.5. The Balaban J connectivity index is 1.43. The number of allylic oxidation sites excluding steroid dienone is 1. The number of nitrogens with zero attached hydrogens (tertiary/aromatic N) is 5. The fourth-order valence-corrected chi connectivity index (χ4v) is 5.14. The number of aromatic nitrogens is 3. The summed E-state index contributed by atoms with van der Waals surface area (Å²) in [5.41, 5.74) is 3.22. The summed E-state index contributed by atoms with van der Waals surface area (Å²) in [6.45, 7) is 8.86. The molecule has 0 saturated carbocycles. The van der Waals surface area contributed by atoms with E-state index in [4.69, 9.17) is 14.5 Å². The number of hydrogen-bond donors (Lipinski definition) is 0. The minimum atomic E-state index is -0.564. The lowest BCUT2D eigenvalue weighted by Crippen LogP contribution is -2.30. The van der Waals surface area contributed by atoms with Gasteiger partial charge in [0.25, 0.3) is 5.91 Å². The molecule has 1 amide bonds. The van der Waals surface area contributed by atoms with Crippen LogP contribution in [0.15, 0.2) is 66.5 Å². The summed E-state index contributed by atoms with van der Waals surface area (Å²) in [6.07, 6.45) is 6.10. The molecule has 0 radical (unpaired) electrons. The van der Waals surface area contributed by atoms with E-state index in [1.807, 2.05) is 50.4 Å². The number of hydrogen-bond acceptors (Lipinski definition) is 6. The van der Waals surface area contributed by atoms with Gasteiger partial charge in [0.05, 0.1) is 24.0 Å². The molecule has 0 bridgehead atoms. The van der Waals surface area contributed by atoms with Crippen molar-refractivity contribution < 1.29 is 18.7 Å².